The molecule has 0 aliphatic carbocycles. The lowest BCUT2D eigenvalue weighted by Crippen LogP contribution is -2.37. The molecule has 1 N–H and O–H groups in total. The summed E-state index contributed by atoms with van der Waals surface area (Å²) >= 11 is 0. The Bertz CT molecular complexity index is 390. The predicted molar refractivity (Wildman–Crippen MR) is 60.8 cm³/mol. The van der Waals surface area contributed by atoms with Crippen molar-refractivity contribution in [1.29, 1.82) is 0 Å². The first kappa shape index (κ1) is 12.2. The molecule has 1 aromatic rings. The standard InChI is InChI=1S/C12H16F2N2O/c1-8(17)9-2-4-16(5-3-9)12-11(14)6-10(13)7-15-12/h6-9,17H,2-5H2,1H3. The molecule has 0 amide bonds. The van der Waals surface area contributed by atoms with E-state index in [1.165, 1.54) is 0 Å². The summed E-state index contributed by atoms with van der Waals surface area (Å²) in [6, 6.07) is 0.850. The highest BCUT2D eigenvalue weighted by Crippen LogP contribution is 2.25. The van der Waals surface area contributed by atoms with Gasteiger partial charge in [0.15, 0.2) is 11.6 Å². The Morgan fingerprint density at radius 3 is 2.59 bits per heavy atom. The predicted octanol–water partition coefficient (Wildman–Crippen LogP) is 1.96. The Morgan fingerprint density at radius 1 is 1.41 bits per heavy atom. The van der Waals surface area contributed by atoms with Crippen LogP contribution in [0.4, 0.5) is 14.6 Å². The van der Waals surface area contributed by atoms with Crippen LogP contribution in [0.3, 0.4) is 0 Å². The fourth-order valence-electron chi connectivity index (χ4n) is 2.23. The van der Waals surface area contributed by atoms with Crippen molar-refractivity contribution in [3.8, 4) is 0 Å². The summed E-state index contributed by atoms with van der Waals surface area (Å²) in [6.07, 6.45) is 2.30. The smallest absolute Gasteiger partial charge is 0.168 e. The molecule has 2 heterocycles. The monoisotopic (exact) mass is 242 g/mol. The number of aromatic nitrogens is 1. The maximum atomic E-state index is 13.5. The van der Waals surface area contributed by atoms with Crippen LogP contribution in [-0.4, -0.2) is 29.3 Å². The number of aliphatic hydroxyl groups is 1. The van der Waals surface area contributed by atoms with Crippen LogP contribution < -0.4 is 4.90 Å². The Labute approximate surface area is 99.1 Å². The highest BCUT2D eigenvalue weighted by Gasteiger charge is 2.24. The summed E-state index contributed by atoms with van der Waals surface area (Å²) in [5.74, 6) is -0.823. The molecule has 1 aliphatic rings. The van der Waals surface area contributed by atoms with Gasteiger partial charge in [0, 0.05) is 19.2 Å². The summed E-state index contributed by atoms with van der Waals surface area (Å²) < 4.78 is 26.2. The Balaban J connectivity index is 2.05. The lowest BCUT2D eigenvalue weighted by molar-refractivity contribution is 0.109. The molecule has 0 bridgehead atoms. The zero-order valence-electron chi connectivity index (χ0n) is 9.74. The zero-order valence-corrected chi connectivity index (χ0v) is 9.74. The van der Waals surface area contributed by atoms with Crippen LogP contribution in [0.25, 0.3) is 0 Å². The summed E-state index contributed by atoms with van der Waals surface area (Å²) in [5.41, 5.74) is 0. The number of anilines is 1. The Morgan fingerprint density at radius 2 is 2.06 bits per heavy atom. The summed E-state index contributed by atoms with van der Waals surface area (Å²) in [7, 11) is 0. The van der Waals surface area contributed by atoms with Crippen molar-refractivity contribution >= 4 is 5.82 Å². The van der Waals surface area contributed by atoms with Gasteiger partial charge in [0.1, 0.15) is 5.82 Å². The van der Waals surface area contributed by atoms with Crippen LogP contribution in [0, 0.1) is 17.6 Å². The van der Waals surface area contributed by atoms with Crippen molar-refractivity contribution < 1.29 is 13.9 Å². The van der Waals surface area contributed by atoms with Crippen molar-refractivity contribution in [2.75, 3.05) is 18.0 Å². The Kier molecular flexibility index (Phi) is 3.57. The number of hydrogen-bond acceptors (Lipinski definition) is 3. The second-order valence-corrected chi connectivity index (χ2v) is 4.52. The number of aliphatic hydroxyl groups excluding tert-OH is 1. The van der Waals surface area contributed by atoms with E-state index in [0.29, 0.717) is 13.1 Å². The summed E-state index contributed by atoms with van der Waals surface area (Å²) in [4.78, 5) is 5.58. The van der Waals surface area contributed by atoms with Gasteiger partial charge in [0.2, 0.25) is 0 Å². The molecule has 1 aromatic heterocycles. The van der Waals surface area contributed by atoms with E-state index in [-0.39, 0.29) is 17.8 Å². The topological polar surface area (TPSA) is 36.4 Å². The molecule has 0 spiro atoms. The number of nitrogens with zero attached hydrogens (tertiary/aromatic N) is 2. The molecule has 5 heteroatoms. The first-order valence-corrected chi connectivity index (χ1v) is 5.82. The van der Waals surface area contributed by atoms with Crippen LogP contribution >= 0.6 is 0 Å². The minimum absolute atomic E-state index is 0.204. The van der Waals surface area contributed by atoms with E-state index < -0.39 is 11.6 Å². The van der Waals surface area contributed by atoms with Gasteiger partial charge in [-0.05, 0) is 25.7 Å². The van der Waals surface area contributed by atoms with Crippen LogP contribution in [0.5, 0.6) is 0 Å². The molecule has 17 heavy (non-hydrogen) atoms. The van der Waals surface area contributed by atoms with E-state index >= 15 is 0 Å². The highest BCUT2D eigenvalue weighted by atomic mass is 19.1. The van der Waals surface area contributed by atoms with E-state index in [4.69, 9.17) is 0 Å². The molecule has 2 rings (SSSR count). The molecule has 1 aliphatic heterocycles. The van der Waals surface area contributed by atoms with Crippen LogP contribution in [0.1, 0.15) is 19.8 Å². The molecule has 1 fully saturated rings. The fraction of sp³-hybridized carbons (Fsp3) is 0.583. The van der Waals surface area contributed by atoms with Crippen molar-refractivity contribution in [2.24, 2.45) is 5.92 Å². The molecule has 1 saturated heterocycles. The summed E-state index contributed by atoms with van der Waals surface area (Å²) in [6.45, 7) is 3.06. The number of pyridine rings is 1. The average Bonchev–Trinajstić information content (AvgIpc) is 2.29. The molecule has 3 nitrogen and oxygen atoms in total. The van der Waals surface area contributed by atoms with Crippen LogP contribution in [0.2, 0.25) is 0 Å². The van der Waals surface area contributed by atoms with Gasteiger partial charge in [-0.25, -0.2) is 13.8 Å². The van der Waals surface area contributed by atoms with E-state index in [0.717, 1.165) is 25.1 Å². The second kappa shape index (κ2) is 4.96. The van der Waals surface area contributed by atoms with Gasteiger partial charge in [0.05, 0.1) is 12.3 Å². The normalized spacial score (nSPS) is 19.4. The number of hydrogen-bond donors (Lipinski definition) is 1. The first-order chi connectivity index (χ1) is 8.08. The number of halogens is 2. The van der Waals surface area contributed by atoms with E-state index in [1.807, 2.05) is 0 Å². The van der Waals surface area contributed by atoms with Gasteiger partial charge in [0.25, 0.3) is 0 Å². The molecule has 0 aromatic carbocycles. The van der Waals surface area contributed by atoms with E-state index in [1.54, 1.807) is 11.8 Å². The van der Waals surface area contributed by atoms with Crippen molar-refractivity contribution in [3.05, 3.63) is 23.9 Å². The van der Waals surface area contributed by atoms with Gasteiger partial charge >= 0.3 is 0 Å². The minimum atomic E-state index is -0.662. The maximum Gasteiger partial charge on any atom is 0.168 e. The maximum absolute atomic E-state index is 13.5. The third kappa shape index (κ3) is 2.72. The third-order valence-electron chi connectivity index (χ3n) is 3.31. The van der Waals surface area contributed by atoms with Gasteiger partial charge < -0.3 is 10.0 Å². The molecule has 1 unspecified atom stereocenters. The minimum Gasteiger partial charge on any atom is -0.393 e. The van der Waals surface area contributed by atoms with Crippen molar-refractivity contribution in [1.82, 2.24) is 4.98 Å². The first-order valence-electron chi connectivity index (χ1n) is 5.82. The molecule has 94 valence electrons. The highest BCUT2D eigenvalue weighted by molar-refractivity contribution is 5.40. The van der Waals surface area contributed by atoms with E-state index in [9.17, 15) is 13.9 Å². The van der Waals surface area contributed by atoms with Gasteiger partial charge in [-0.3, -0.25) is 0 Å². The van der Waals surface area contributed by atoms with E-state index in [2.05, 4.69) is 4.98 Å². The fourth-order valence-corrected chi connectivity index (χ4v) is 2.23. The lowest BCUT2D eigenvalue weighted by Gasteiger charge is -2.34. The van der Waals surface area contributed by atoms with Gasteiger partial charge in [-0.1, -0.05) is 0 Å². The molecule has 0 radical (unpaired) electrons. The Hall–Kier alpha value is -1.23. The zero-order chi connectivity index (χ0) is 12.4. The number of rotatable bonds is 2. The molecule has 0 saturated carbocycles. The van der Waals surface area contributed by atoms with Crippen LogP contribution in [0.15, 0.2) is 12.3 Å². The van der Waals surface area contributed by atoms with Crippen molar-refractivity contribution in [3.63, 3.8) is 0 Å². The van der Waals surface area contributed by atoms with Gasteiger partial charge in [-0.15, -0.1) is 0 Å². The largest absolute Gasteiger partial charge is 0.393 e. The SMILES string of the molecule is CC(O)C1CCN(c2ncc(F)cc2F)CC1. The third-order valence-corrected chi connectivity index (χ3v) is 3.31. The second-order valence-electron chi connectivity index (χ2n) is 4.52. The summed E-state index contributed by atoms with van der Waals surface area (Å²) in [5, 5.41) is 9.47. The van der Waals surface area contributed by atoms with Crippen LogP contribution in [-0.2, 0) is 0 Å². The number of piperidine rings is 1. The lowest BCUT2D eigenvalue weighted by atomic mass is 9.92. The molecule has 1 atom stereocenters. The van der Waals surface area contributed by atoms with Gasteiger partial charge in [-0.2, -0.15) is 0 Å². The van der Waals surface area contributed by atoms with Crippen molar-refractivity contribution in [2.45, 2.75) is 25.9 Å². The molecular formula is C12H16F2N2O. The quantitative estimate of drug-likeness (QED) is 0.861. The average molecular weight is 242 g/mol. The molecular weight excluding hydrogens is 226 g/mol.